The molecule has 2 saturated heterocycles. The number of anilines is 1. The summed E-state index contributed by atoms with van der Waals surface area (Å²) in [6.45, 7) is 4.60. The Hall–Kier alpha value is -2.49. The summed E-state index contributed by atoms with van der Waals surface area (Å²) in [7, 11) is 1.53. The first-order valence-electron chi connectivity index (χ1n) is 12.7. The molecule has 6 nitrogen and oxygen atoms in total. The van der Waals surface area contributed by atoms with Gasteiger partial charge in [-0.2, -0.15) is 13.2 Å². The molecule has 4 rings (SSSR count). The quantitative estimate of drug-likeness (QED) is 0.574. The molecule has 2 aliphatic heterocycles. The van der Waals surface area contributed by atoms with Crippen molar-refractivity contribution in [2.75, 3.05) is 44.7 Å². The second-order valence-corrected chi connectivity index (χ2v) is 9.80. The van der Waals surface area contributed by atoms with Gasteiger partial charge in [-0.3, -0.25) is 14.6 Å². The lowest BCUT2D eigenvalue weighted by Crippen LogP contribution is -2.56. The number of hydrogen-bond acceptors (Lipinski definition) is 5. The van der Waals surface area contributed by atoms with E-state index in [0.29, 0.717) is 38.4 Å². The normalized spacial score (nSPS) is 19.2. The van der Waals surface area contributed by atoms with Crippen molar-refractivity contribution in [3.05, 3.63) is 59.8 Å². The number of carbonyl (C=O) groups is 1. The molecule has 0 bridgehead atoms. The molecule has 1 N–H and O–H groups in total. The Labute approximate surface area is 210 Å². The van der Waals surface area contributed by atoms with E-state index in [1.165, 1.54) is 18.7 Å². The number of carbonyl (C=O) groups excluding carboxylic acids is 1. The van der Waals surface area contributed by atoms with Crippen molar-refractivity contribution in [3.63, 3.8) is 0 Å². The molecule has 0 spiro atoms. The molecule has 3 heterocycles. The van der Waals surface area contributed by atoms with Crippen LogP contribution in [0.25, 0.3) is 0 Å². The number of rotatable bonds is 8. The van der Waals surface area contributed by atoms with E-state index in [1.807, 2.05) is 6.07 Å². The lowest BCUT2D eigenvalue weighted by Gasteiger charge is -2.39. The van der Waals surface area contributed by atoms with Crippen LogP contribution in [0.4, 0.5) is 19.0 Å². The number of alkyl halides is 3. The SMILES string of the molecule is COC1(C(=O)N(CCC2CCN(Cc3ccccc3)CC2)c2ccc(C(F)(F)F)cn2)CCNCC1. The maximum atomic E-state index is 13.8. The highest BCUT2D eigenvalue weighted by Gasteiger charge is 2.43. The number of aromatic nitrogens is 1. The first kappa shape index (κ1) is 26.6. The lowest BCUT2D eigenvalue weighted by molar-refractivity contribution is -0.143. The van der Waals surface area contributed by atoms with E-state index in [9.17, 15) is 18.0 Å². The number of ether oxygens (including phenoxy) is 1. The van der Waals surface area contributed by atoms with Gasteiger partial charge in [-0.1, -0.05) is 30.3 Å². The van der Waals surface area contributed by atoms with Gasteiger partial charge >= 0.3 is 6.18 Å². The van der Waals surface area contributed by atoms with Gasteiger partial charge in [0, 0.05) is 26.4 Å². The topological polar surface area (TPSA) is 57.7 Å². The number of methoxy groups -OCH3 is 1. The van der Waals surface area contributed by atoms with Crippen molar-refractivity contribution < 1.29 is 22.7 Å². The average molecular weight is 505 g/mol. The third-order valence-corrected chi connectivity index (χ3v) is 7.51. The molecule has 1 aromatic carbocycles. The van der Waals surface area contributed by atoms with Crippen molar-refractivity contribution in [1.82, 2.24) is 15.2 Å². The van der Waals surface area contributed by atoms with Gasteiger partial charge in [0.1, 0.15) is 11.4 Å². The zero-order valence-corrected chi connectivity index (χ0v) is 20.8. The van der Waals surface area contributed by atoms with E-state index in [2.05, 4.69) is 39.5 Å². The van der Waals surface area contributed by atoms with E-state index in [-0.39, 0.29) is 11.7 Å². The molecule has 0 atom stereocenters. The molecule has 1 amide bonds. The predicted molar refractivity (Wildman–Crippen MR) is 132 cm³/mol. The third-order valence-electron chi connectivity index (χ3n) is 7.51. The van der Waals surface area contributed by atoms with Crippen LogP contribution in [0.1, 0.15) is 43.2 Å². The molecule has 1 aromatic heterocycles. The molecule has 2 aliphatic rings. The predicted octanol–water partition coefficient (Wildman–Crippen LogP) is 4.50. The van der Waals surface area contributed by atoms with Crippen LogP contribution in [0, 0.1) is 5.92 Å². The van der Waals surface area contributed by atoms with E-state index in [0.717, 1.165) is 51.2 Å². The summed E-state index contributed by atoms with van der Waals surface area (Å²) in [4.78, 5) is 21.8. The Morgan fingerprint density at radius 2 is 1.83 bits per heavy atom. The Bertz CT molecular complexity index is 971. The van der Waals surface area contributed by atoms with Gasteiger partial charge in [0.25, 0.3) is 5.91 Å². The number of likely N-dealkylation sites (tertiary alicyclic amines) is 1. The summed E-state index contributed by atoms with van der Waals surface area (Å²) < 4.78 is 45.0. The van der Waals surface area contributed by atoms with Gasteiger partial charge in [-0.05, 0) is 81.9 Å². The highest BCUT2D eigenvalue weighted by Crippen LogP contribution is 2.32. The monoisotopic (exact) mass is 504 g/mol. The molecule has 0 radical (unpaired) electrons. The minimum absolute atomic E-state index is 0.222. The van der Waals surface area contributed by atoms with Crippen LogP contribution >= 0.6 is 0 Å². The summed E-state index contributed by atoms with van der Waals surface area (Å²) in [6.07, 6.45) is 0.167. The fourth-order valence-electron chi connectivity index (χ4n) is 5.20. The van der Waals surface area contributed by atoms with Crippen molar-refractivity contribution in [2.45, 2.75) is 50.4 Å². The van der Waals surface area contributed by atoms with Gasteiger partial charge in [-0.25, -0.2) is 4.98 Å². The summed E-state index contributed by atoms with van der Waals surface area (Å²) >= 11 is 0. The largest absolute Gasteiger partial charge is 0.417 e. The van der Waals surface area contributed by atoms with Crippen molar-refractivity contribution in [3.8, 4) is 0 Å². The van der Waals surface area contributed by atoms with Crippen LogP contribution in [-0.4, -0.2) is 61.2 Å². The summed E-state index contributed by atoms with van der Waals surface area (Å²) in [6, 6.07) is 12.7. The summed E-state index contributed by atoms with van der Waals surface area (Å²) in [5.41, 5.74) is -0.519. The molecule has 196 valence electrons. The van der Waals surface area contributed by atoms with Gasteiger partial charge in [-0.15, -0.1) is 0 Å². The number of piperidine rings is 2. The molecule has 0 unspecified atom stereocenters. The average Bonchev–Trinajstić information content (AvgIpc) is 2.90. The van der Waals surface area contributed by atoms with Crippen LogP contribution in [0.2, 0.25) is 0 Å². The maximum absolute atomic E-state index is 13.8. The zero-order chi connectivity index (χ0) is 25.6. The van der Waals surface area contributed by atoms with Crippen LogP contribution < -0.4 is 10.2 Å². The van der Waals surface area contributed by atoms with Crippen molar-refractivity contribution in [1.29, 1.82) is 0 Å². The first-order chi connectivity index (χ1) is 17.3. The number of hydrogen-bond donors (Lipinski definition) is 1. The molecular formula is C27H35F3N4O2. The Kier molecular flexibility index (Phi) is 8.64. The highest BCUT2D eigenvalue weighted by atomic mass is 19.4. The molecule has 0 aliphatic carbocycles. The standard InChI is InChI=1S/C27H35F3N4O2/c1-36-26(12-14-31-15-13-26)25(35)34(24-8-7-23(19-32-24)27(28,29)30)18-11-21-9-16-33(17-10-21)20-22-5-3-2-4-6-22/h2-8,19,21,31H,9-18,20H2,1H3. The first-order valence-corrected chi connectivity index (χ1v) is 12.7. The van der Waals surface area contributed by atoms with Gasteiger partial charge in [0.05, 0.1) is 5.56 Å². The van der Waals surface area contributed by atoms with Crippen LogP contribution in [0.3, 0.4) is 0 Å². The van der Waals surface area contributed by atoms with Gasteiger partial charge < -0.3 is 10.1 Å². The summed E-state index contributed by atoms with van der Waals surface area (Å²) in [5.74, 6) is 0.457. The fraction of sp³-hybridized carbons (Fsp3) is 0.556. The molecule has 9 heteroatoms. The zero-order valence-electron chi connectivity index (χ0n) is 20.8. The Morgan fingerprint density at radius 3 is 2.42 bits per heavy atom. The molecule has 2 aromatic rings. The molecule has 2 fully saturated rings. The lowest BCUT2D eigenvalue weighted by atomic mass is 9.89. The minimum Gasteiger partial charge on any atom is -0.368 e. The van der Waals surface area contributed by atoms with Gasteiger partial charge in [0.2, 0.25) is 0 Å². The molecule has 36 heavy (non-hydrogen) atoms. The minimum atomic E-state index is -4.48. The smallest absolute Gasteiger partial charge is 0.368 e. The third kappa shape index (κ3) is 6.44. The number of pyridine rings is 1. The number of amides is 1. The van der Waals surface area contributed by atoms with Crippen LogP contribution in [0.5, 0.6) is 0 Å². The fourth-order valence-corrected chi connectivity index (χ4v) is 5.20. The molecular weight excluding hydrogens is 469 g/mol. The van der Waals surface area contributed by atoms with Crippen LogP contribution in [-0.2, 0) is 22.3 Å². The van der Waals surface area contributed by atoms with E-state index in [1.54, 1.807) is 4.90 Å². The van der Waals surface area contributed by atoms with E-state index < -0.39 is 17.3 Å². The number of benzene rings is 1. The van der Waals surface area contributed by atoms with E-state index >= 15 is 0 Å². The Balaban J connectivity index is 1.43. The molecule has 0 saturated carbocycles. The van der Waals surface area contributed by atoms with Gasteiger partial charge in [0.15, 0.2) is 0 Å². The highest BCUT2D eigenvalue weighted by molar-refractivity contribution is 5.99. The van der Waals surface area contributed by atoms with E-state index in [4.69, 9.17) is 4.74 Å². The van der Waals surface area contributed by atoms with Crippen molar-refractivity contribution >= 4 is 11.7 Å². The number of nitrogens with zero attached hydrogens (tertiary/aromatic N) is 3. The van der Waals surface area contributed by atoms with Crippen molar-refractivity contribution in [2.24, 2.45) is 5.92 Å². The maximum Gasteiger partial charge on any atom is 0.417 e. The number of halogens is 3. The summed E-state index contributed by atoms with van der Waals surface area (Å²) in [5, 5.41) is 3.24. The second kappa shape index (κ2) is 11.7. The second-order valence-electron chi connectivity index (χ2n) is 9.80. The van der Waals surface area contributed by atoms with Crippen LogP contribution in [0.15, 0.2) is 48.7 Å². The number of nitrogens with one attached hydrogen (secondary N) is 1. The Morgan fingerprint density at radius 1 is 1.14 bits per heavy atom.